The van der Waals surface area contributed by atoms with Gasteiger partial charge in [-0.3, -0.25) is 19.4 Å². The van der Waals surface area contributed by atoms with Gasteiger partial charge in [-0.05, 0) is 24.3 Å². The summed E-state index contributed by atoms with van der Waals surface area (Å²) < 4.78 is 20.9. The molecule has 1 fully saturated rings. The predicted octanol–water partition coefficient (Wildman–Crippen LogP) is 1.65. The molecule has 3 amide bonds. The number of ether oxygens (including phenoxy) is 4. The molecule has 0 saturated carbocycles. The zero-order valence-corrected chi connectivity index (χ0v) is 19.0. The molecular formula is C22H23N5O7. The third-order valence-electron chi connectivity index (χ3n) is 5.46. The molecule has 0 spiro atoms. The Bertz CT molecular complexity index is 1170. The lowest BCUT2D eigenvalue weighted by Gasteiger charge is -2.21. The van der Waals surface area contributed by atoms with Gasteiger partial charge in [-0.1, -0.05) is 5.22 Å². The minimum absolute atomic E-state index is 0.280. The Labute approximate surface area is 195 Å². The second-order valence-electron chi connectivity index (χ2n) is 7.36. The Morgan fingerprint density at radius 3 is 2.15 bits per heavy atom. The molecule has 2 aliphatic rings. The van der Waals surface area contributed by atoms with Crippen LogP contribution in [0, 0.1) is 0 Å². The van der Waals surface area contributed by atoms with Crippen molar-refractivity contribution >= 4 is 29.1 Å². The molecule has 0 unspecified atom stereocenters. The van der Waals surface area contributed by atoms with Gasteiger partial charge in [0.2, 0.25) is 5.91 Å². The summed E-state index contributed by atoms with van der Waals surface area (Å²) in [6.45, 7) is -0.280. The van der Waals surface area contributed by atoms with Crippen LogP contribution in [0.5, 0.6) is 23.0 Å². The van der Waals surface area contributed by atoms with Gasteiger partial charge in [0.05, 0.1) is 34.1 Å². The topological polar surface area (TPSA) is 131 Å². The highest BCUT2D eigenvalue weighted by atomic mass is 16.5. The molecule has 2 aromatic carbocycles. The number of hydrogen-bond donors (Lipinski definition) is 1. The summed E-state index contributed by atoms with van der Waals surface area (Å²) in [6, 6.07) is 7.56. The van der Waals surface area contributed by atoms with Crippen LogP contribution in [0.3, 0.4) is 0 Å². The smallest absolute Gasteiger partial charge is 0.263 e. The Morgan fingerprint density at radius 1 is 0.882 bits per heavy atom. The lowest BCUT2D eigenvalue weighted by atomic mass is 10.1. The van der Waals surface area contributed by atoms with Crippen LogP contribution in [0.25, 0.3) is 0 Å². The van der Waals surface area contributed by atoms with Crippen molar-refractivity contribution in [2.45, 2.75) is 12.1 Å². The van der Waals surface area contributed by atoms with Crippen LogP contribution in [0.2, 0.25) is 0 Å². The van der Waals surface area contributed by atoms with Crippen molar-refractivity contribution in [3.63, 3.8) is 0 Å². The van der Waals surface area contributed by atoms with E-state index in [2.05, 4.69) is 15.7 Å². The number of hydrogen-bond acceptors (Lipinski definition) is 10. The van der Waals surface area contributed by atoms with Gasteiger partial charge in [0.15, 0.2) is 35.1 Å². The first-order valence-electron chi connectivity index (χ1n) is 10.2. The molecule has 0 aliphatic carbocycles. The third-order valence-corrected chi connectivity index (χ3v) is 5.46. The highest BCUT2D eigenvalue weighted by Crippen LogP contribution is 2.36. The van der Waals surface area contributed by atoms with Crippen molar-refractivity contribution in [3.05, 3.63) is 36.4 Å². The highest BCUT2D eigenvalue weighted by molar-refractivity contribution is 6.25. The number of nitrogens with zero attached hydrogens (tertiary/aromatic N) is 4. The molecular weight excluding hydrogens is 446 g/mol. The van der Waals surface area contributed by atoms with Gasteiger partial charge in [-0.15, -0.1) is 0 Å². The SMILES string of the molecule is COc1ccc(NC(=O)CN2N=N[C@H]3C(=O)N(c4ccc(OC)c(OC)c4)C(=O)[C@@H]32)cc1OC. The van der Waals surface area contributed by atoms with Gasteiger partial charge < -0.3 is 24.3 Å². The minimum atomic E-state index is -1.03. The van der Waals surface area contributed by atoms with Crippen molar-refractivity contribution in [2.24, 2.45) is 10.3 Å². The summed E-state index contributed by atoms with van der Waals surface area (Å²) in [4.78, 5) is 39.8. The first kappa shape index (κ1) is 22.8. The number of methoxy groups -OCH3 is 4. The van der Waals surface area contributed by atoms with Crippen LogP contribution in [0.15, 0.2) is 46.7 Å². The standard InChI is InChI=1S/C22H23N5O7/c1-31-14-7-5-12(9-16(14)33-3)23-18(28)11-26-20-19(24-25-26)21(29)27(22(20)30)13-6-8-15(32-2)17(10-13)34-4/h5-10,19-20H,11H2,1-4H3,(H,23,28)/t19-,20-/m1/s1. The van der Waals surface area contributed by atoms with Crippen LogP contribution in [0.1, 0.15) is 0 Å². The van der Waals surface area contributed by atoms with Crippen LogP contribution < -0.4 is 29.2 Å². The van der Waals surface area contributed by atoms with E-state index in [0.717, 1.165) is 4.90 Å². The number of benzene rings is 2. The quantitative estimate of drug-likeness (QED) is 0.578. The number of nitrogens with one attached hydrogen (secondary N) is 1. The molecule has 34 heavy (non-hydrogen) atoms. The van der Waals surface area contributed by atoms with Crippen LogP contribution in [-0.4, -0.2) is 69.8 Å². The van der Waals surface area contributed by atoms with Crippen molar-refractivity contribution in [1.82, 2.24) is 5.01 Å². The maximum absolute atomic E-state index is 13.2. The van der Waals surface area contributed by atoms with Gasteiger partial charge in [0.1, 0.15) is 6.54 Å². The molecule has 0 bridgehead atoms. The first-order valence-corrected chi connectivity index (χ1v) is 10.2. The predicted molar refractivity (Wildman–Crippen MR) is 119 cm³/mol. The summed E-state index contributed by atoms with van der Waals surface area (Å²) >= 11 is 0. The molecule has 2 heterocycles. The monoisotopic (exact) mass is 469 g/mol. The molecule has 1 saturated heterocycles. The first-order chi connectivity index (χ1) is 16.4. The molecule has 2 aromatic rings. The van der Waals surface area contributed by atoms with E-state index in [-0.39, 0.29) is 6.54 Å². The summed E-state index contributed by atoms with van der Waals surface area (Å²) in [5.74, 6) is 0.269. The zero-order valence-electron chi connectivity index (χ0n) is 19.0. The van der Waals surface area contributed by atoms with Crippen molar-refractivity contribution in [1.29, 1.82) is 0 Å². The van der Waals surface area contributed by atoms with Gasteiger partial charge >= 0.3 is 0 Å². The Kier molecular flexibility index (Phi) is 6.21. The highest BCUT2D eigenvalue weighted by Gasteiger charge is 2.55. The van der Waals surface area contributed by atoms with Gasteiger partial charge in [0, 0.05) is 17.8 Å². The van der Waals surface area contributed by atoms with Crippen molar-refractivity contribution < 1.29 is 33.3 Å². The Morgan fingerprint density at radius 2 is 1.50 bits per heavy atom. The summed E-state index contributed by atoms with van der Waals surface area (Å²) in [6.07, 6.45) is 0. The average molecular weight is 469 g/mol. The molecule has 0 aromatic heterocycles. The largest absolute Gasteiger partial charge is 0.493 e. The van der Waals surface area contributed by atoms with Crippen molar-refractivity contribution in [3.8, 4) is 23.0 Å². The zero-order chi connectivity index (χ0) is 24.4. The fourth-order valence-electron chi connectivity index (χ4n) is 3.83. The van der Waals surface area contributed by atoms with Crippen LogP contribution in [-0.2, 0) is 14.4 Å². The molecule has 2 aliphatic heterocycles. The maximum atomic E-state index is 13.2. The van der Waals surface area contributed by atoms with E-state index in [1.807, 2.05) is 0 Å². The maximum Gasteiger partial charge on any atom is 0.263 e. The van der Waals surface area contributed by atoms with Crippen LogP contribution >= 0.6 is 0 Å². The van der Waals surface area contributed by atoms with E-state index in [9.17, 15) is 14.4 Å². The second-order valence-corrected chi connectivity index (χ2v) is 7.36. The molecule has 12 heteroatoms. The number of amides is 3. The molecule has 178 valence electrons. The fraction of sp³-hybridized carbons (Fsp3) is 0.318. The summed E-state index contributed by atoms with van der Waals surface area (Å²) in [5.41, 5.74) is 0.781. The Balaban J connectivity index is 1.49. The minimum Gasteiger partial charge on any atom is -0.493 e. The summed E-state index contributed by atoms with van der Waals surface area (Å²) in [5, 5.41) is 11.8. The lowest BCUT2D eigenvalue weighted by Crippen LogP contribution is -2.43. The van der Waals surface area contributed by atoms with Gasteiger partial charge in [0.25, 0.3) is 11.8 Å². The fourth-order valence-corrected chi connectivity index (χ4v) is 3.83. The molecule has 4 rings (SSSR count). The average Bonchev–Trinajstić information content (AvgIpc) is 3.37. The van der Waals surface area contributed by atoms with E-state index >= 15 is 0 Å². The summed E-state index contributed by atoms with van der Waals surface area (Å²) in [7, 11) is 5.94. The van der Waals surface area contributed by atoms with Crippen LogP contribution in [0.4, 0.5) is 11.4 Å². The number of anilines is 2. The molecule has 2 atom stereocenters. The number of rotatable bonds is 8. The van der Waals surface area contributed by atoms with E-state index in [1.54, 1.807) is 30.3 Å². The second kappa shape index (κ2) is 9.25. The number of imide groups is 1. The normalized spacial score (nSPS) is 18.7. The Hall–Kier alpha value is -4.35. The number of carbonyl (C=O) groups is 3. The van der Waals surface area contributed by atoms with E-state index < -0.39 is 29.8 Å². The van der Waals surface area contributed by atoms with Gasteiger partial charge in [-0.25, -0.2) is 4.90 Å². The van der Waals surface area contributed by atoms with Crippen molar-refractivity contribution in [2.75, 3.05) is 45.2 Å². The molecule has 0 radical (unpaired) electrons. The van der Waals surface area contributed by atoms with E-state index in [4.69, 9.17) is 18.9 Å². The molecule has 12 nitrogen and oxygen atoms in total. The van der Waals surface area contributed by atoms with E-state index in [1.165, 1.54) is 39.5 Å². The van der Waals surface area contributed by atoms with E-state index in [0.29, 0.717) is 34.4 Å². The van der Waals surface area contributed by atoms with Gasteiger partial charge in [-0.2, -0.15) is 5.11 Å². The number of fused-ring (bicyclic) bond motifs is 1. The lowest BCUT2D eigenvalue weighted by molar-refractivity contribution is -0.123. The molecule has 1 N–H and O–H groups in total. The number of carbonyl (C=O) groups excluding carboxylic acids is 3. The third kappa shape index (κ3) is 3.93.